The van der Waals surface area contributed by atoms with Gasteiger partial charge in [0.05, 0.1) is 7.11 Å². The lowest BCUT2D eigenvalue weighted by molar-refractivity contribution is -0.128. The van der Waals surface area contributed by atoms with Crippen LogP contribution in [0.25, 0.3) is 6.08 Å². The molecule has 0 spiro atoms. The fraction of sp³-hybridized carbons (Fsp3) is 0.571. The number of hydrogen-bond donors (Lipinski definition) is 1. The number of hydrogen-bond acceptors (Lipinski definition) is 4. The molecule has 0 aliphatic heterocycles. The van der Waals surface area contributed by atoms with Crippen molar-refractivity contribution in [1.29, 1.82) is 0 Å². The van der Waals surface area contributed by atoms with E-state index in [0.717, 1.165) is 38.6 Å². The zero-order valence-electron chi connectivity index (χ0n) is 17.7. The number of unbranched alkanes of at least 4 members (excludes halogenated alkanes) is 2. The highest BCUT2D eigenvalue weighted by molar-refractivity contribution is 7.89. The summed E-state index contributed by atoms with van der Waals surface area (Å²) in [6.45, 7) is 7.07. The number of carbonyl (C=O) groups excluding carboxylic acids is 1. The van der Waals surface area contributed by atoms with Crippen LogP contribution in [0.15, 0.2) is 29.2 Å². The van der Waals surface area contributed by atoms with E-state index >= 15 is 0 Å². The molecule has 0 radical (unpaired) electrons. The first-order chi connectivity index (χ1) is 13.3. The summed E-state index contributed by atoms with van der Waals surface area (Å²) in [5.74, 6) is 0.210. The lowest BCUT2D eigenvalue weighted by Gasteiger charge is -2.28. The van der Waals surface area contributed by atoms with Gasteiger partial charge in [-0.2, -0.15) is 0 Å². The van der Waals surface area contributed by atoms with E-state index in [4.69, 9.17) is 4.74 Å². The summed E-state index contributed by atoms with van der Waals surface area (Å²) in [5, 5.41) is 0. The van der Waals surface area contributed by atoms with Gasteiger partial charge in [0.25, 0.3) is 0 Å². The summed E-state index contributed by atoms with van der Waals surface area (Å²) in [6, 6.07) is 5.00. The summed E-state index contributed by atoms with van der Waals surface area (Å²) >= 11 is 0. The van der Waals surface area contributed by atoms with E-state index in [2.05, 4.69) is 25.5 Å². The van der Waals surface area contributed by atoms with Gasteiger partial charge in [-0.1, -0.05) is 39.2 Å². The third-order valence-electron chi connectivity index (χ3n) is 4.69. The smallest absolute Gasteiger partial charge is 0.246 e. The van der Waals surface area contributed by atoms with Gasteiger partial charge in [0.2, 0.25) is 15.9 Å². The number of benzene rings is 1. The highest BCUT2D eigenvalue weighted by atomic mass is 32.2. The van der Waals surface area contributed by atoms with Crippen LogP contribution in [0.2, 0.25) is 0 Å². The number of rotatable bonds is 12. The Kier molecular flexibility index (Phi) is 10.2. The first-order valence-electron chi connectivity index (χ1n) is 9.90. The van der Waals surface area contributed by atoms with Crippen molar-refractivity contribution < 1.29 is 17.9 Å². The maximum Gasteiger partial charge on any atom is 0.246 e. The molecule has 1 amide bonds. The minimum Gasteiger partial charge on any atom is -0.495 e. The molecule has 1 rings (SSSR count). The van der Waals surface area contributed by atoms with Crippen molar-refractivity contribution in [3.05, 3.63) is 29.8 Å². The van der Waals surface area contributed by atoms with Crippen LogP contribution in [-0.2, 0) is 14.8 Å². The lowest BCUT2D eigenvalue weighted by Crippen LogP contribution is -2.38. The number of nitrogens with one attached hydrogen (secondary N) is 1. The van der Waals surface area contributed by atoms with Crippen LogP contribution in [-0.4, -0.2) is 46.0 Å². The average Bonchev–Trinajstić information content (AvgIpc) is 2.69. The van der Waals surface area contributed by atoms with Crippen LogP contribution in [0, 0.1) is 0 Å². The van der Waals surface area contributed by atoms with Crippen LogP contribution in [0.1, 0.15) is 58.4 Å². The van der Waals surface area contributed by atoms with Crippen LogP contribution in [0.5, 0.6) is 5.75 Å². The van der Waals surface area contributed by atoms with E-state index in [1.54, 1.807) is 18.2 Å². The van der Waals surface area contributed by atoms with E-state index in [9.17, 15) is 13.2 Å². The van der Waals surface area contributed by atoms with Gasteiger partial charge in [-0.05, 0) is 50.6 Å². The minimum atomic E-state index is -3.66. The molecule has 1 aromatic rings. The molecule has 1 unspecified atom stereocenters. The molecule has 1 aromatic carbocycles. The molecule has 0 heterocycles. The second-order valence-corrected chi connectivity index (χ2v) is 8.68. The molecule has 0 aromatic heterocycles. The maximum atomic E-state index is 12.8. The molecular weight excluding hydrogens is 376 g/mol. The van der Waals surface area contributed by atoms with Crippen molar-refractivity contribution in [2.45, 2.75) is 63.8 Å². The summed E-state index contributed by atoms with van der Waals surface area (Å²) in [4.78, 5) is 14.7. The van der Waals surface area contributed by atoms with E-state index in [0.29, 0.717) is 5.56 Å². The Morgan fingerprint density at radius 3 is 2.54 bits per heavy atom. The fourth-order valence-corrected chi connectivity index (χ4v) is 3.96. The largest absolute Gasteiger partial charge is 0.495 e. The Morgan fingerprint density at radius 1 is 1.25 bits per heavy atom. The predicted molar refractivity (Wildman–Crippen MR) is 114 cm³/mol. The molecule has 0 aliphatic carbocycles. The van der Waals surface area contributed by atoms with Crippen LogP contribution >= 0.6 is 0 Å². The summed E-state index contributed by atoms with van der Waals surface area (Å²) in [5.41, 5.74) is 0.625. The Bertz CT molecular complexity index is 760. The van der Waals surface area contributed by atoms with Crippen molar-refractivity contribution >= 4 is 22.0 Å². The first kappa shape index (κ1) is 24.2. The Labute approximate surface area is 170 Å². The van der Waals surface area contributed by atoms with Gasteiger partial charge in [0.1, 0.15) is 10.6 Å². The minimum absolute atomic E-state index is 0.0475. The van der Waals surface area contributed by atoms with Gasteiger partial charge < -0.3 is 9.64 Å². The van der Waals surface area contributed by atoms with Gasteiger partial charge in [0.15, 0.2) is 0 Å². The first-order valence-corrected chi connectivity index (χ1v) is 11.4. The SMILES string of the molecule is CCCCCN(C(=O)/C=C/c1ccc(OC)c(S(=O)(=O)NC)c1)C(C)CCC. The average molecular weight is 411 g/mol. The normalized spacial score (nSPS) is 12.9. The predicted octanol–water partition coefficient (Wildman–Crippen LogP) is 3.82. The van der Waals surface area contributed by atoms with Crippen molar-refractivity contribution in [2.75, 3.05) is 20.7 Å². The van der Waals surface area contributed by atoms with E-state index < -0.39 is 10.0 Å². The molecule has 6 nitrogen and oxygen atoms in total. The summed E-state index contributed by atoms with van der Waals surface area (Å²) in [6.07, 6.45) is 8.34. The third-order valence-corrected chi connectivity index (χ3v) is 6.12. The molecule has 1 N–H and O–H groups in total. The molecule has 28 heavy (non-hydrogen) atoms. The Morgan fingerprint density at radius 2 is 1.96 bits per heavy atom. The molecule has 158 valence electrons. The van der Waals surface area contributed by atoms with E-state index in [1.165, 1.54) is 26.3 Å². The quantitative estimate of drug-likeness (QED) is 0.420. The van der Waals surface area contributed by atoms with E-state index in [-0.39, 0.29) is 22.6 Å². The van der Waals surface area contributed by atoms with Crippen LogP contribution < -0.4 is 9.46 Å². The molecule has 1 atom stereocenters. The van der Waals surface area contributed by atoms with Gasteiger partial charge in [-0.15, -0.1) is 0 Å². The number of carbonyl (C=O) groups is 1. The van der Waals surface area contributed by atoms with Crippen molar-refractivity contribution in [3.8, 4) is 5.75 Å². The maximum absolute atomic E-state index is 12.8. The molecule has 0 saturated carbocycles. The van der Waals surface area contributed by atoms with Gasteiger partial charge >= 0.3 is 0 Å². The second-order valence-electron chi connectivity index (χ2n) is 6.83. The summed E-state index contributed by atoms with van der Waals surface area (Å²) in [7, 11) is -0.884. The summed E-state index contributed by atoms with van der Waals surface area (Å²) < 4.78 is 31.8. The molecule has 0 fully saturated rings. The van der Waals surface area contributed by atoms with Crippen LogP contribution in [0.4, 0.5) is 0 Å². The number of sulfonamides is 1. The molecule has 7 heteroatoms. The third kappa shape index (κ3) is 6.95. The molecule has 0 saturated heterocycles. The number of nitrogens with zero attached hydrogens (tertiary/aromatic N) is 1. The van der Waals surface area contributed by atoms with Gasteiger partial charge in [-0.3, -0.25) is 4.79 Å². The lowest BCUT2D eigenvalue weighted by atomic mass is 10.1. The molecular formula is C21H34N2O4S. The highest BCUT2D eigenvalue weighted by Crippen LogP contribution is 2.25. The Hall–Kier alpha value is -1.86. The van der Waals surface area contributed by atoms with Crippen LogP contribution in [0.3, 0.4) is 0 Å². The number of ether oxygens (including phenoxy) is 1. The van der Waals surface area contributed by atoms with Gasteiger partial charge in [0, 0.05) is 18.7 Å². The second kappa shape index (κ2) is 11.9. The van der Waals surface area contributed by atoms with Crippen molar-refractivity contribution in [2.24, 2.45) is 0 Å². The fourth-order valence-electron chi connectivity index (χ4n) is 3.03. The Balaban J connectivity index is 3.06. The van der Waals surface area contributed by atoms with E-state index in [1.807, 2.05) is 4.90 Å². The van der Waals surface area contributed by atoms with Crippen molar-refractivity contribution in [1.82, 2.24) is 9.62 Å². The highest BCUT2D eigenvalue weighted by Gasteiger charge is 2.19. The zero-order chi connectivity index (χ0) is 21.2. The zero-order valence-corrected chi connectivity index (χ0v) is 18.5. The van der Waals surface area contributed by atoms with Gasteiger partial charge in [-0.25, -0.2) is 13.1 Å². The standard InChI is InChI=1S/C21H34N2O4S/c1-6-8-9-15-23(17(3)10-7-2)21(24)14-12-18-11-13-19(27-5)20(16-18)28(25,26)22-4/h11-14,16-17,22H,6-10,15H2,1-5H3/b14-12+. The number of methoxy groups -OCH3 is 1. The topological polar surface area (TPSA) is 75.7 Å². The molecule has 0 bridgehead atoms. The molecule has 0 aliphatic rings. The monoisotopic (exact) mass is 410 g/mol. The number of amides is 1. The van der Waals surface area contributed by atoms with Crippen molar-refractivity contribution in [3.63, 3.8) is 0 Å².